The predicted molar refractivity (Wildman–Crippen MR) is 84.2 cm³/mol. The van der Waals surface area contributed by atoms with E-state index in [1.165, 1.54) is 0 Å². The van der Waals surface area contributed by atoms with Crippen molar-refractivity contribution in [3.63, 3.8) is 0 Å². The summed E-state index contributed by atoms with van der Waals surface area (Å²) in [5.41, 5.74) is 6.92. The summed E-state index contributed by atoms with van der Waals surface area (Å²) < 4.78 is 5.95. The molecular weight excluding hydrogens is 264 g/mol. The molecule has 1 heterocycles. The molecule has 116 valence electrons. The number of amides is 1. The zero-order valence-electron chi connectivity index (χ0n) is 13.3. The van der Waals surface area contributed by atoms with Gasteiger partial charge in [-0.3, -0.25) is 4.79 Å². The van der Waals surface area contributed by atoms with Crippen molar-refractivity contribution in [2.24, 2.45) is 11.1 Å². The van der Waals surface area contributed by atoms with Crippen LogP contribution in [0.4, 0.5) is 0 Å². The van der Waals surface area contributed by atoms with Gasteiger partial charge in [-0.1, -0.05) is 32.0 Å². The Hall–Kier alpha value is -1.55. The van der Waals surface area contributed by atoms with Crippen LogP contribution in [0.25, 0.3) is 0 Å². The van der Waals surface area contributed by atoms with Crippen molar-refractivity contribution in [2.45, 2.75) is 39.7 Å². The summed E-state index contributed by atoms with van der Waals surface area (Å²) >= 11 is 0. The van der Waals surface area contributed by atoms with Crippen LogP contribution in [-0.4, -0.2) is 36.5 Å². The van der Waals surface area contributed by atoms with E-state index < -0.39 is 6.10 Å². The van der Waals surface area contributed by atoms with E-state index in [-0.39, 0.29) is 11.3 Å². The number of aryl methyl sites for hydroxylation is 1. The Morgan fingerprint density at radius 3 is 2.76 bits per heavy atom. The van der Waals surface area contributed by atoms with Gasteiger partial charge in [-0.05, 0) is 43.4 Å². The first-order valence-corrected chi connectivity index (χ1v) is 7.70. The summed E-state index contributed by atoms with van der Waals surface area (Å²) in [4.78, 5) is 14.6. The molecule has 1 amide bonds. The summed E-state index contributed by atoms with van der Waals surface area (Å²) in [6.07, 6.45) is 1.23. The van der Waals surface area contributed by atoms with Crippen LogP contribution in [-0.2, 0) is 4.79 Å². The molecule has 0 aliphatic carbocycles. The maximum Gasteiger partial charge on any atom is 0.263 e. The lowest BCUT2D eigenvalue weighted by Crippen LogP contribution is -2.42. The van der Waals surface area contributed by atoms with Crippen LogP contribution in [0.15, 0.2) is 24.3 Å². The molecule has 0 aromatic heterocycles. The zero-order chi connectivity index (χ0) is 15.5. The zero-order valence-corrected chi connectivity index (χ0v) is 13.3. The van der Waals surface area contributed by atoms with Crippen molar-refractivity contribution in [3.8, 4) is 5.75 Å². The minimum absolute atomic E-state index is 0.0522. The first-order valence-electron chi connectivity index (χ1n) is 7.70. The molecule has 2 atom stereocenters. The molecule has 2 unspecified atom stereocenters. The van der Waals surface area contributed by atoms with Gasteiger partial charge >= 0.3 is 0 Å². The molecule has 0 saturated carbocycles. The Morgan fingerprint density at radius 2 is 2.19 bits per heavy atom. The highest BCUT2D eigenvalue weighted by atomic mass is 16.5. The number of hydrogen-bond acceptors (Lipinski definition) is 3. The van der Waals surface area contributed by atoms with Gasteiger partial charge in [0, 0.05) is 13.1 Å². The Morgan fingerprint density at radius 1 is 1.48 bits per heavy atom. The van der Waals surface area contributed by atoms with E-state index in [9.17, 15) is 4.79 Å². The average Bonchev–Trinajstić information content (AvgIpc) is 2.89. The fourth-order valence-corrected chi connectivity index (χ4v) is 2.73. The number of benzene rings is 1. The summed E-state index contributed by atoms with van der Waals surface area (Å²) in [7, 11) is 0. The molecular formula is C17H26N2O2. The van der Waals surface area contributed by atoms with Gasteiger partial charge in [0.1, 0.15) is 5.75 Å². The van der Waals surface area contributed by atoms with Gasteiger partial charge in [-0.15, -0.1) is 0 Å². The Bertz CT molecular complexity index is 503. The maximum absolute atomic E-state index is 12.7. The van der Waals surface area contributed by atoms with Gasteiger partial charge in [-0.25, -0.2) is 0 Å². The van der Waals surface area contributed by atoms with Crippen molar-refractivity contribution < 1.29 is 9.53 Å². The van der Waals surface area contributed by atoms with Gasteiger partial charge in [0.2, 0.25) is 0 Å². The van der Waals surface area contributed by atoms with Crippen LogP contribution in [0, 0.1) is 12.3 Å². The molecule has 2 N–H and O–H groups in total. The van der Waals surface area contributed by atoms with Crippen molar-refractivity contribution in [3.05, 3.63) is 29.8 Å². The van der Waals surface area contributed by atoms with Crippen LogP contribution in [0.3, 0.4) is 0 Å². The molecule has 1 aliphatic heterocycles. The third-order valence-corrected chi connectivity index (χ3v) is 4.37. The lowest BCUT2D eigenvalue weighted by atomic mass is 9.90. The Kier molecular flexibility index (Phi) is 4.88. The number of para-hydroxylation sites is 1. The van der Waals surface area contributed by atoms with Crippen LogP contribution >= 0.6 is 0 Å². The van der Waals surface area contributed by atoms with Crippen LogP contribution in [0.1, 0.15) is 32.3 Å². The SMILES string of the molecule is CCC(Oc1ccccc1C)C(=O)N1CCC(C)(CN)C1. The number of rotatable bonds is 5. The summed E-state index contributed by atoms with van der Waals surface area (Å²) in [6, 6.07) is 7.81. The molecule has 0 spiro atoms. The normalized spacial score (nSPS) is 23.1. The first-order chi connectivity index (χ1) is 9.99. The minimum Gasteiger partial charge on any atom is -0.480 e. The molecule has 0 bridgehead atoms. The summed E-state index contributed by atoms with van der Waals surface area (Å²) in [5.74, 6) is 0.872. The van der Waals surface area contributed by atoms with Crippen molar-refractivity contribution in [1.82, 2.24) is 4.90 Å². The third-order valence-electron chi connectivity index (χ3n) is 4.37. The van der Waals surface area contributed by atoms with E-state index in [0.717, 1.165) is 30.8 Å². The van der Waals surface area contributed by atoms with E-state index >= 15 is 0 Å². The molecule has 1 aliphatic rings. The molecule has 1 saturated heterocycles. The summed E-state index contributed by atoms with van der Waals surface area (Å²) in [6.45, 7) is 8.25. The second kappa shape index (κ2) is 6.48. The number of ether oxygens (including phenoxy) is 1. The molecule has 4 nitrogen and oxygen atoms in total. The number of carbonyl (C=O) groups excluding carboxylic acids is 1. The third kappa shape index (κ3) is 3.56. The largest absolute Gasteiger partial charge is 0.480 e. The number of carbonyl (C=O) groups is 1. The van der Waals surface area contributed by atoms with Gasteiger partial charge in [0.05, 0.1) is 0 Å². The highest BCUT2D eigenvalue weighted by Crippen LogP contribution is 2.29. The van der Waals surface area contributed by atoms with Crippen molar-refractivity contribution >= 4 is 5.91 Å². The monoisotopic (exact) mass is 290 g/mol. The maximum atomic E-state index is 12.7. The number of likely N-dealkylation sites (tertiary alicyclic amines) is 1. The predicted octanol–water partition coefficient (Wildman–Crippen LogP) is 2.35. The molecule has 2 rings (SSSR count). The second-order valence-electron chi connectivity index (χ2n) is 6.30. The standard InChI is InChI=1S/C17H26N2O2/c1-4-14(21-15-8-6-5-7-13(15)2)16(20)19-10-9-17(3,11-18)12-19/h5-8,14H,4,9-12,18H2,1-3H3. The van der Waals surface area contributed by atoms with E-state index in [0.29, 0.717) is 13.0 Å². The quantitative estimate of drug-likeness (QED) is 0.905. The molecule has 4 heteroatoms. The van der Waals surface area contributed by atoms with Crippen LogP contribution in [0.5, 0.6) is 5.75 Å². The van der Waals surface area contributed by atoms with Crippen LogP contribution in [0.2, 0.25) is 0 Å². The van der Waals surface area contributed by atoms with Gasteiger partial charge < -0.3 is 15.4 Å². The van der Waals surface area contributed by atoms with Crippen molar-refractivity contribution in [1.29, 1.82) is 0 Å². The molecule has 1 fully saturated rings. The van der Waals surface area contributed by atoms with E-state index in [4.69, 9.17) is 10.5 Å². The fraction of sp³-hybridized carbons (Fsp3) is 0.588. The average molecular weight is 290 g/mol. The molecule has 21 heavy (non-hydrogen) atoms. The highest BCUT2D eigenvalue weighted by molar-refractivity contribution is 5.81. The minimum atomic E-state index is -0.411. The topological polar surface area (TPSA) is 55.6 Å². The molecule has 1 aromatic rings. The smallest absolute Gasteiger partial charge is 0.263 e. The summed E-state index contributed by atoms with van der Waals surface area (Å²) in [5, 5.41) is 0. The number of hydrogen-bond donors (Lipinski definition) is 1. The number of nitrogens with zero attached hydrogens (tertiary/aromatic N) is 1. The van der Waals surface area contributed by atoms with Gasteiger partial charge in [0.25, 0.3) is 5.91 Å². The Balaban J connectivity index is 2.05. The number of nitrogens with two attached hydrogens (primary N) is 1. The van der Waals surface area contributed by atoms with E-state index in [2.05, 4.69) is 6.92 Å². The second-order valence-corrected chi connectivity index (χ2v) is 6.30. The first kappa shape index (κ1) is 15.8. The van der Waals surface area contributed by atoms with Gasteiger partial charge in [0.15, 0.2) is 6.10 Å². The lowest BCUT2D eigenvalue weighted by molar-refractivity contribution is -0.138. The van der Waals surface area contributed by atoms with E-state index in [1.807, 2.05) is 43.0 Å². The molecule has 1 aromatic carbocycles. The van der Waals surface area contributed by atoms with E-state index in [1.54, 1.807) is 0 Å². The van der Waals surface area contributed by atoms with Crippen LogP contribution < -0.4 is 10.5 Å². The highest BCUT2D eigenvalue weighted by Gasteiger charge is 2.37. The molecule has 0 radical (unpaired) electrons. The lowest BCUT2D eigenvalue weighted by Gasteiger charge is -2.26. The van der Waals surface area contributed by atoms with Gasteiger partial charge in [-0.2, -0.15) is 0 Å². The fourth-order valence-electron chi connectivity index (χ4n) is 2.73. The Labute approximate surface area is 127 Å². The van der Waals surface area contributed by atoms with Crippen molar-refractivity contribution in [2.75, 3.05) is 19.6 Å².